The number of nitrogens with one attached hydrogen (secondary N) is 1. The minimum Gasteiger partial charge on any atom is -0.350 e. The molecule has 0 spiro atoms. The molecule has 1 aromatic rings. The number of hydrogen-bond donors (Lipinski definition) is 3. The molecule has 10 heteroatoms. The van der Waals surface area contributed by atoms with Gasteiger partial charge in [0.05, 0.1) is 0 Å². The van der Waals surface area contributed by atoms with Gasteiger partial charge in [0.15, 0.2) is 0 Å². The van der Waals surface area contributed by atoms with Crippen LogP contribution >= 0.6 is 0 Å². The first kappa shape index (κ1) is 17.6. The topological polar surface area (TPSA) is 124 Å². The highest BCUT2D eigenvalue weighted by atomic mass is 16.5. The Morgan fingerprint density at radius 2 is 1.10 bits per heavy atom. The lowest BCUT2D eigenvalue weighted by Gasteiger charge is -2.18. The van der Waals surface area contributed by atoms with Crippen LogP contribution in [0.25, 0.3) is 0 Å². The molecule has 4 N–H and O–H groups in total. The van der Waals surface area contributed by atoms with Crippen LogP contribution in [0.2, 0.25) is 0 Å². The van der Waals surface area contributed by atoms with Crippen molar-refractivity contribution in [1.82, 2.24) is 20.4 Å². The maximum absolute atomic E-state index is 9.23. The van der Waals surface area contributed by atoms with Gasteiger partial charge in [-0.1, -0.05) is 0 Å². The summed E-state index contributed by atoms with van der Waals surface area (Å²) in [5.74, 6) is 1.99. The lowest BCUT2D eigenvalue weighted by molar-refractivity contribution is 0.169. The van der Waals surface area contributed by atoms with E-state index in [1.165, 1.54) is 5.48 Å². The molecule has 0 aliphatic rings. The Hall–Kier alpha value is -2.36. The van der Waals surface area contributed by atoms with E-state index in [2.05, 4.69) is 20.7 Å². The summed E-state index contributed by atoms with van der Waals surface area (Å²) in [6.45, 7) is 0. The Bertz CT molecular complexity index is 371. The normalized spacial score (nSPS) is 9.15. The van der Waals surface area contributed by atoms with Gasteiger partial charge in [0.25, 0.3) is 0 Å². The minimum atomic E-state index is -0.940. The zero-order valence-electron chi connectivity index (χ0n) is 12.6. The van der Waals surface area contributed by atoms with Crippen LogP contribution in [0.4, 0.5) is 22.6 Å². The number of primary amides is 1. The van der Waals surface area contributed by atoms with Crippen LogP contribution < -0.4 is 25.9 Å². The second-order valence-corrected chi connectivity index (χ2v) is 4.39. The fourth-order valence-corrected chi connectivity index (χ4v) is 0.943. The highest BCUT2D eigenvalue weighted by molar-refractivity contribution is 5.69. The molecule has 1 aromatic heterocycles. The van der Waals surface area contributed by atoms with Crippen molar-refractivity contribution in [3.63, 3.8) is 0 Å². The quantitative estimate of drug-likeness (QED) is 0.483. The number of rotatable bonds is 3. The summed E-state index contributed by atoms with van der Waals surface area (Å²) in [6, 6.07) is -0.940. The molecule has 0 aliphatic carbocycles. The second-order valence-electron chi connectivity index (χ2n) is 4.39. The van der Waals surface area contributed by atoms with Crippen LogP contribution in [-0.4, -0.2) is 68.5 Å². The number of hydrogen-bond acceptors (Lipinski definition) is 8. The smallest absolute Gasteiger partial charge is 0.335 e. The number of aromatic nitrogens is 3. The molecule has 0 saturated carbocycles. The second kappa shape index (κ2) is 7.94. The Balaban J connectivity index is 0.000000621. The van der Waals surface area contributed by atoms with Gasteiger partial charge < -0.3 is 20.4 Å². The molecule has 2 amide bonds. The fraction of sp³-hybridized carbons (Fsp3) is 0.600. The average molecular weight is 286 g/mol. The molecule has 1 heterocycles. The summed E-state index contributed by atoms with van der Waals surface area (Å²) in [7, 11) is 11.5. The van der Waals surface area contributed by atoms with Crippen LogP contribution in [0.15, 0.2) is 0 Å². The molecular formula is C10H22N8O2. The van der Waals surface area contributed by atoms with Crippen molar-refractivity contribution in [3.8, 4) is 0 Å². The van der Waals surface area contributed by atoms with E-state index in [-0.39, 0.29) is 0 Å². The highest BCUT2D eigenvalue weighted by Gasteiger charge is 2.10. The average Bonchev–Trinajstić information content (AvgIpc) is 2.38. The van der Waals surface area contributed by atoms with Crippen LogP contribution in [0.3, 0.4) is 0 Å². The number of hydroxylamine groups is 1. The van der Waals surface area contributed by atoms with Gasteiger partial charge in [0, 0.05) is 42.3 Å². The number of nitrogens with zero attached hydrogens (tertiary/aromatic N) is 6. The summed E-state index contributed by atoms with van der Waals surface area (Å²) < 4.78 is 0. The van der Waals surface area contributed by atoms with Gasteiger partial charge in [-0.15, -0.1) is 0 Å². The summed E-state index contributed by atoms with van der Waals surface area (Å²) in [5, 5.41) is 7.42. The van der Waals surface area contributed by atoms with Gasteiger partial charge in [-0.3, -0.25) is 5.21 Å². The lowest BCUT2D eigenvalue weighted by Crippen LogP contribution is -2.25. The van der Waals surface area contributed by atoms with Crippen LogP contribution in [0.1, 0.15) is 0 Å². The van der Waals surface area contributed by atoms with E-state index in [0.717, 1.165) is 0 Å². The van der Waals surface area contributed by atoms with Crippen LogP contribution in [0, 0.1) is 0 Å². The number of urea groups is 1. The fourth-order valence-electron chi connectivity index (χ4n) is 0.943. The number of amides is 2. The zero-order chi connectivity index (χ0) is 15.9. The molecule has 0 bridgehead atoms. The highest BCUT2D eigenvalue weighted by Crippen LogP contribution is 2.14. The van der Waals surface area contributed by atoms with Gasteiger partial charge in [-0.2, -0.15) is 15.0 Å². The van der Waals surface area contributed by atoms with Crippen LogP contribution in [0.5, 0.6) is 0 Å². The summed E-state index contributed by atoms with van der Waals surface area (Å²) >= 11 is 0. The molecule has 0 atom stereocenters. The number of carbonyl (C=O) groups excluding carboxylic acids is 1. The largest absolute Gasteiger partial charge is 0.350 e. The van der Waals surface area contributed by atoms with Crippen LogP contribution in [-0.2, 0) is 0 Å². The summed E-state index contributed by atoms with van der Waals surface area (Å²) in [6.07, 6.45) is 0. The van der Waals surface area contributed by atoms with Crippen molar-refractivity contribution in [2.75, 3.05) is 57.0 Å². The number of nitrogens with two attached hydrogens (primary N) is 1. The minimum absolute atomic E-state index is 0.664. The van der Waals surface area contributed by atoms with E-state index in [0.29, 0.717) is 17.8 Å². The third-order valence-electron chi connectivity index (χ3n) is 1.91. The molecule has 10 nitrogen and oxygen atoms in total. The molecule has 114 valence electrons. The van der Waals surface area contributed by atoms with Gasteiger partial charge in [-0.05, 0) is 0 Å². The van der Waals surface area contributed by atoms with E-state index in [9.17, 15) is 4.79 Å². The SMILES string of the molecule is CN(C)c1nc(N(C)C)nc(N(C)C)n1.NC(=O)NO. The standard InChI is InChI=1S/C9H18N6.CH4N2O2/c1-13(2)7-10-8(14(3)4)12-9(11-7)15(5)6;2-1(4)3-5/h1-6H3;5H,(H3,2,3,4). The predicted octanol–water partition coefficient (Wildman–Crippen LogP) is -0.886. The van der Waals surface area contributed by atoms with Gasteiger partial charge in [-0.25, -0.2) is 10.3 Å². The van der Waals surface area contributed by atoms with Crippen molar-refractivity contribution < 1.29 is 10.0 Å². The maximum atomic E-state index is 9.23. The third-order valence-corrected chi connectivity index (χ3v) is 1.91. The van der Waals surface area contributed by atoms with Crippen molar-refractivity contribution in [1.29, 1.82) is 0 Å². The van der Waals surface area contributed by atoms with E-state index >= 15 is 0 Å². The van der Waals surface area contributed by atoms with Crippen molar-refractivity contribution in [3.05, 3.63) is 0 Å². The molecule has 1 rings (SSSR count). The van der Waals surface area contributed by atoms with E-state index in [1.807, 2.05) is 57.0 Å². The predicted molar refractivity (Wildman–Crippen MR) is 77.3 cm³/mol. The Kier molecular flexibility index (Phi) is 7.00. The molecular weight excluding hydrogens is 264 g/mol. The molecule has 0 aromatic carbocycles. The van der Waals surface area contributed by atoms with Crippen molar-refractivity contribution in [2.45, 2.75) is 0 Å². The van der Waals surface area contributed by atoms with Crippen molar-refractivity contribution in [2.24, 2.45) is 5.73 Å². The number of anilines is 3. The van der Waals surface area contributed by atoms with E-state index in [4.69, 9.17) is 5.21 Å². The molecule has 0 unspecified atom stereocenters. The third kappa shape index (κ3) is 6.00. The van der Waals surface area contributed by atoms with Crippen molar-refractivity contribution >= 4 is 23.9 Å². The van der Waals surface area contributed by atoms with Gasteiger partial charge >= 0.3 is 6.03 Å². The summed E-state index contributed by atoms with van der Waals surface area (Å²) in [4.78, 5) is 27.8. The Morgan fingerprint density at radius 3 is 1.20 bits per heavy atom. The van der Waals surface area contributed by atoms with Gasteiger partial charge in [0.1, 0.15) is 0 Å². The van der Waals surface area contributed by atoms with E-state index < -0.39 is 6.03 Å². The van der Waals surface area contributed by atoms with E-state index in [1.54, 1.807) is 0 Å². The summed E-state index contributed by atoms with van der Waals surface area (Å²) in [5.41, 5.74) is 5.46. The Labute approximate surface area is 118 Å². The molecule has 0 radical (unpaired) electrons. The first-order chi connectivity index (χ1) is 9.18. The first-order valence-electron chi connectivity index (χ1n) is 5.66. The monoisotopic (exact) mass is 286 g/mol. The maximum Gasteiger partial charge on any atom is 0.335 e. The first-order valence-corrected chi connectivity index (χ1v) is 5.66. The molecule has 0 fully saturated rings. The molecule has 0 aliphatic heterocycles. The number of carbonyl (C=O) groups is 1. The molecule has 20 heavy (non-hydrogen) atoms. The Morgan fingerprint density at radius 1 is 0.900 bits per heavy atom. The molecule has 0 saturated heterocycles. The lowest BCUT2D eigenvalue weighted by atomic mass is 10.7. The van der Waals surface area contributed by atoms with Gasteiger partial charge in [0.2, 0.25) is 17.8 Å². The zero-order valence-corrected chi connectivity index (χ0v) is 12.6.